The maximum atomic E-state index is 12.4. The van der Waals surface area contributed by atoms with E-state index in [9.17, 15) is 4.79 Å². The molecule has 2 aromatic carbocycles. The number of rotatable bonds is 7. The van der Waals surface area contributed by atoms with E-state index >= 15 is 0 Å². The zero-order valence-electron chi connectivity index (χ0n) is 15.6. The largest absolute Gasteiger partial charge is 0.488 e. The first-order chi connectivity index (χ1) is 14.6. The molecule has 30 heavy (non-hydrogen) atoms. The number of hydrogen-bond donors (Lipinski definition) is 1. The fraction of sp³-hybridized carbons (Fsp3) is 0.0909. The van der Waals surface area contributed by atoms with E-state index in [1.54, 1.807) is 35.9 Å². The lowest BCUT2D eigenvalue weighted by atomic mass is 10.2. The third-order valence-electron chi connectivity index (χ3n) is 4.26. The number of benzene rings is 2. The zero-order valence-corrected chi connectivity index (χ0v) is 17.9. The fourth-order valence-electron chi connectivity index (χ4n) is 2.74. The van der Waals surface area contributed by atoms with Crippen LogP contribution in [0.2, 0.25) is 10.0 Å². The van der Waals surface area contributed by atoms with E-state index in [4.69, 9.17) is 32.4 Å². The first-order valence-electron chi connectivity index (χ1n) is 9.02. The molecule has 2 aromatic heterocycles. The molecule has 0 saturated heterocycles. The highest BCUT2D eigenvalue weighted by Crippen LogP contribution is 2.33. The molecule has 5 nitrogen and oxygen atoms in total. The smallest absolute Gasteiger partial charge is 0.271 e. The Hall–Kier alpha value is -2.80. The van der Waals surface area contributed by atoms with Crippen molar-refractivity contribution < 1.29 is 13.9 Å². The molecule has 0 fully saturated rings. The number of furan rings is 1. The third-order valence-corrected chi connectivity index (χ3v) is 5.72. The van der Waals surface area contributed by atoms with Gasteiger partial charge in [-0.25, -0.2) is 4.98 Å². The van der Waals surface area contributed by atoms with E-state index in [0.717, 1.165) is 11.1 Å². The number of nitrogens with one attached hydrogen (secondary N) is 1. The molecule has 2 heterocycles. The lowest BCUT2D eigenvalue weighted by Crippen LogP contribution is -2.22. The molecule has 1 N–H and O–H groups in total. The quantitative estimate of drug-likeness (QED) is 0.357. The summed E-state index contributed by atoms with van der Waals surface area (Å²) in [5.74, 6) is 1.07. The molecule has 152 valence electrons. The number of thiazole rings is 1. The van der Waals surface area contributed by atoms with Gasteiger partial charge in [0.2, 0.25) is 0 Å². The molecular weight excluding hydrogens is 443 g/mol. The van der Waals surface area contributed by atoms with Crippen LogP contribution in [0.5, 0.6) is 5.75 Å². The third kappa shape index (κ3) is 4.84. The van der Waals surface area contributed by atoms with Gasteiger partial charge in [0.25, 0.3) is 5.91 Å². The van der Waals surface area contributed by atoms with Crippen molar-refractivity contribution in [3.8, 4) is 16.3 Å². The van der Waals surface area contributed by atoms with E-state index in [2.05, 4.69) is 10.3 Å². The van der Waals surface area contributed by atoms with E-state index < -0.39 is 0 Å². The van der Waals surface area contributed by atoms with Crippen LogP contribution < -0.4 is 10.1 Å². The van der Waals surface area contributed by atoms with Gasteiger partial charge in [-0.15, -0.1) is 11.3 Å². The fourth-order valence-corrected chi connectivity index (χ4v) is 4.03. The molecule has 0 spiro atoms. The molecule has 4 aromatic rings. The Balaban J connectivity index is 1.47. The summed E-state index contributed by atoms with van der Waals surface area (Å²) in [4.78, 5) is 16.9. The van der Waals surface area contributed by atoms with Crippen molar-refractivity contribution in [3.05, 3.63) is 93.3 Å². The van der Waals surface area contributed by atoms with Crippen LogP contribution in [-0.4, -0.2) is 10.9 Å². The summed E-state index contributed by atoms with van der Waals surface area (Å²) in [6.45, 7) is 0.592. The second-order valence-corrected chi connectivity index (χ2v) is 8.02. The lowest BCUT2D eigenvalue weighted by Gasteiger charge is -2.11. The van der Waals surface area contributed by atoms with Gasteiger partial charge in [0.1, 0.15) is 28.8 Å². The number of carbonyl (C=O) groups excluding carboxylic acids is 1. The van der Waals surface area contributed by atoms with Crippen molar-refractivity contribution in [2.75, 3.05) is 0 Å². The molecule has 4 rings (SSSR count). The number of hydrogen-bond acceptors (Lipinski definition) is 5. The first kappa shape index (κ1) is 20.5. The molecule has 0 unspecified atom stereocenters. The second-order valence-electron chi connectivity index (χ2n) is 6.32. The van der Waals surface area contributed by atoms with E-state index in [1.165, 1.54) is 11.3 Å². The van der Waals surface area contributed by atoms with Crippen LogP contribution in [0.3, 0.4) is 0 Å². The highest BCUT2D eigenvalue weighted by atomic mass is 35.5. The summed E-state index contributed by atoms with van der Waals surface area (Å²) in [5.41, 5.74) is 1.97. The Bertz CT molecular complexity index is 1160. The highest BCUT2D eigenvalue weighted by molar-refractivity contribution is 7.13. The van der Waals surface area contributed by atoms with Crippen molar-refractivity contribution in [2.24, 2.45) is 0 Å². The van der Waals surface area contributed by atoms with E-state index in [0.29, 0.717) is 38.8 Å². The lowest BCUT2D eigenvalue weighted by molar-refractivity contribution is 0.0944. The van der Waals surface area contributed by atoms with Crippen LogP contribution in [0.1, 0.15) is 21.8 Å². The minimum Gasteiger partial charge on any atom is -0.488 e. The predicted molar refractivity (Wildman–Crippen MR) is 118 cm³/mol. The SMILES string of the molecule is O=C(NCc1ccco1)c1csc(-c2ccccc2OCc2ccc(Cl)cc2Cl)n1. The summed E-state index contributed by atoms with van der Waals surface area (Å²) in [6, 6.07) is 16.4. The summed E-state index contributed by atoms with van der Waals surface area (Å²) < 4.78 is 11.2. The molecule has 0 radical (unpaired) electrons. The molecule has 1 amide bonds. The van der Waals surface area contributed by atoms with Crippen molar-refractivity contribution >= 4 is 40.4 Å². The maximum absolute atomic E-state index is 12.4. The standard InChI is InChI=1S/C22H16Cl2N2O3S/c23-15-8-7-14(18(24)10-15)12-29-20-6-2-1-5-17(20)22-26-19(13-30-22)21(27)25-11-16-4-3-9-28-16/h1-10,13H,11-12H2,(H,25,27). The maximum Gasteiger partial charge on any atom is 0.271 e. The number of ether oxygens (including phenoxy) is 1. The van der Waals surface area contributed by atoms with Gasteiger partial charge in [0.05, 0.1) is 18.4 Å². The topological polar surface area (TPSA) is 64.4 Å². The molecule has 0 aliphatic rings. The van der Waals surface area contributed by atoms with Gasteiger partial charge in [-0.3, -0.25) is 4.79 Å². The molecule has 0 bridgehead atoms. The minimum absolute atomic E-state index is 0.264. The van der Waals surface area contributed by atoms with Crippen LogP contribution in [0.25, 0.3) is 10.6 Å². The predicted octanol–water partition coefficient (Wildman–Crippen LogP) is 6.22. The van der Waals surface area contributed by atoms with Gasteiger partial charge < -0.3 is 14.5 Å². The second kappa shape index (κ2) is 9.34. The molecule has 0 saturated carbocycles. The molecular formula is C22H16Cl2N2O3S. The normalized spacial score (nSPS) is 10.7. The van der Waals surface area contributed by atoms with Crippen molar-refractivity contribution in [1.29, 1.82) is 0 Å². The number of halogens is 2. The Labute approximate surface area is 187 Å². The molecule has 0 atom stereocenters. The average Bonchev–Trinajstić information content (AvgIpc) is 3.44. The number of aromatic nitrogens is 1. The summed E-state index contributed by atoms with van der Waals surface area (Å²) in [6.07, 6.45) is 1.57. The molecule has 8 heteroatoms. The van der Waals surface area contributed by atoms with Gasteiger partial charge >= 0.3 is 0 Å². The number of nitrogens with zero attached hydrogens (tertiary/aromatic N) is 1. The monoisotopic (exact) mass is 458 g/mol. The van der Waals surface area contributed by atoms with Gasteiger partial charge in [-0.2, -0.15) is 0 Å². The summed E-state index contributed by atoms with van der Waals surface area (Å²) in [7, 11) is 0. The zero-order chi connectivity index (χ0) is 20.9. The van der Waals surface area contributed by atoms with E-state index in [1.807, 2.05) is 30.3 Å². The Kier molecular flexibility index (Phi) is 6.38. The van der Waals surface area contributed by atoms with Crippen molar-refractivity contribution in [2.45, 2.75) is 13.2 Å². The summed E-state index contributed by atoms with van der Waals surface area (Å²) >= 11 is 13.6. The van der Waals surface area contributed by atoms with Crippen molar-refractivity contribution in [3.63, 3.8) is 0 Å². The van der Waals surface area contributed by atoms with Gasteiger partial charge in [0, 0.05) is 21.0 Å². The Morgan fingerprint density at radius 3 is 2.80 bits per heavy atom. The van der Waals surface area contributed by atoms with Gasteiger partial charge in [-0.1, -0.05) is 41.4 Å². The number of amides is 1. The Morgan fingerprint density at radius 2 is 2.00 bits per heavy atom. The average molecular weight is 459 g/mol. The van der Waals surface area contributed by atoms with Crippen LogP contribution in [0, 0.1) is 0 Å². The molecule has 0 aliphatic heterocycles. The first-order valence-corrected chi connectivity index (χ1v) is 10.7. The van der Waals surface area contributed by atoms with Crippen LogP contribution >= 0.6 is 34.5 Å². The number of carbonyl (C=O) groups is 1. The summed E-state index contributed by atoms with van der Waals surface area (Å²) in [5, 5.41) is 6.33. The van der Waals surface area contributed by atoms with Gasteiger partial charge in [0.15, 0.2) is 0 Å². The van der Waals surface area contributed by atoms with Gasteiger partial charge in [-0.05, 0) is 36.4 Å². The van der Waals surface area contributed by atoms with Crippen LogP contribution in [0.4, 0.5) is 0 Å². The minimum atomic E-state index is -0.264. The van der Waals surface area contributed by atoms with E-state index in [-0.39, 0.29) is 12.5 Å². The molecule has 0 aliphatic carbocycles. The van der Waals surface area contributed by atoms with Crippen LogP contribution in [0.15, 0.2) is 70.7 Å². The number of para-hydroxylation sites is 1. The Morgan fingerprint density at radius 1 is 1.13 bits per heavy atom. The van der Waals surface area contributed by atoms with Crippen LogP contribution in [-0.2, 0) is 13.2 Å². The highest BCUT2D eigenvalue weighted by Gasteiger charge is 2.15. The van der Waals surface area contributed by atoms with Crippen molar-refractivity contribution in [1.82, 2.24) is 10.3 Å².